The normalized spacial score (nSPS) is 10.8. The summed E-state index contributed by atoms with van der Waals surface area (Å²) in [6.07, 6.45) is 0. The average Bonchev–Trinajstić information content (AvgIpc) is 3.17. The van der Waals surface area contributed by atoms with Gasteiger partial charge in [-0.25, -0.2) is 9.18 Å². The number of benzene rings is 3. The van der Waals surface area contributed by atoms with Crippen LogP contribution in [0.3, 0.4) is 0 Å². The van der Waals surface area contributed by atoms with Crippen LogP contribution in [0, 0.1) is 5.82 Å². The molecule has 1 heterocycles. The zero-order valence-electron chi connectivity index (χ0n) is 16.3. The first kappa shape index (κ1) is 20.6. The molecule has 156 valence electrons. The van der Waals surface area contributed by atoms with E-state index in [2.05, 4.69) is 0 Å². The van der Waals surface area contributed by atoms with Crippen LogP contribution in [0.5, 0.6) is 5.75 Å². The maximum atomic E-state index is 13.5. The lowest BCUT2D eigenvalue weighted by molar-refractivity contribution is -0.139. The molecule has 0 saturated heterocycles. The molecule has 0 radical (unpaired) electrons. The number of hydrogen-bond donors (Lipinski definition) is 1. The second kappa shape index (κ2) is 9.02. The molecule has 0 amide bonds. The third-order valence-corrected chi connectivity index (χ3v) is 4.90. The highest BCUT2D eigenvalue weighted by atomic mass is 35.5. The number of rotatable bonds is 7. The van der Waals surface area contributed by atoms with Crippen molar-refractivity contribution in [3.8, 4) is 28.3 Å². The number of carboxylic acids is 1. The highest BCUT2D eigenvalue weighted by Gasteiger charge is 2.17. The van der Waals surface area contributed by atoms with E-state index in [0.29, 0.717) is 28.6 Å². The molecule has 4 aromatic rings. The summed E-state index contributed by atoms with van der Waals surface area (Å²) in [5.74, 6) is -1.04. The molecule has 0 bridgehead atoms. The van der Waals surface area contributed by atoms with Crippen LogP contribution < -0.4 is 4.74 Å². The Morgan fingerprint density at radius 1 is 1.03 bits per heavy atom. The van der Waals surface area contributed by atoms with E-state index in [1.54, 1.807) is 30.3 Å². The van der Waals surface area contributed by atoms with Crippen molar-refractivity contribution in [2.45, 2.75) is 6.54 Å². The summed E-state index contributed by atoms with van der Waals surface area (Å²) >= 11 is 6.19. The van der Waals surface area contributed by atoms with Crippen LogP contribution in [0.15, 0.2) is 78.9 Å². The van der Waals surface area contributed by atoms with Crippen molar-refractivity contribution in [2.75, 3.05) is 6.61 Å². The summed E-state index contributed by atoms with van der Waals surface area (Å²) in [5.41, 5.74) is 3.77. The van der Waals surface area contributed by atoms with Gasteiger partial charge in [-0.1, -0.05) is 41.9 Å². The van der Waals surface area contributed by atoms with Crippen LogP contribution in [0.4, 0.5) is 4.39 Å². The van der Waals surface area contributed by atoms with E-state index < -0.39 is 12.6 Å². The molecule has 0 unspecified atom stereocenters. The van der Waals surface area contributed by atoms with Crippen molar-refractivity contribution in [3.05, 3.63) is 95.3 Å². The molecule has 3 aromatic carbocycles. The van der Waals surface area contributed by atoms with Crippen molar-refractivity contribution < 1.29 is 19.0 Å². The third-order valence-electron chi connectivity index (χ3n) is 4.66. The molecule has 0 aliphatic heterocycles. The minimum absolute atomic E-state index is 0.322. The molecule has 31 heavy (non-hydrogen) atoms. The molecular weight excluding hydrogens is 419 g/mol. The molecule has 1 aromatic heterocycles. The number of nitrogens with zero attached hydrogens (tertiary/aromatic N) is 2. The van der Waals surface area contributed by atoms with Gasteiger partial charge in [-0.05, 0) is 54.1 Å². The Morgan fingerprint density at radius 2 is 1.77 bits per heavy atom. The van der Waals surface area contributed by atoms with Crippen molar-refractivity contribution in [1.29, 1.82) is 0 Å². The molecule has 1 N–H and O–H groups in total. The fourth-order valence-electron chi connectivity index (χ4n) is 3.25. The van der Waals surface area contributed by atoms with Crippen LogP contribution in [0.25, 0.3) is 22.5 Å². The van der Waals surface area contributed by atoms with E-state index >= 15 is 0 Å². The molecule has 0 aliphatic carbocycles. The van der Waals surface area contributed by atoms with Gasteiger partial charge in [0.25, 0.3) is 0 Å². The predicted octanol–water partition coefficient (Wildman–Crippen LogP) is 5.52. The van der Waals surface area contributed by atoms with Crippen LogP contribution in [0.1, 0.15) is 5.56 Å². The number of carboxylic acid groups (broad SMARTS) is 1. The maximum absolute atomic E-state index is 13.5. The summed E-state index contributed by atoms with van der Waals surface area (Å²) in [5, 5.41) is 14.2. The van der Waals surface area contributed by atoms with Gasteiger partial charge in [-0.3, -0.25) is 4.68 Å². The first-order chi connectivity index (χ1) is 15.0. The largest absolute Gasteiger partial charge is 0.481 e. The Labute approximate surface area is 183 Å². The standard InChI is InChI=1S/C24H18ClFN2O3/c25-18-8-11-23(31-15-24(29)30)20(12-18)21-13-22(17-6-9-19(26)10-7-17)28(27-21)14-16-4-2-1-3-5-16/h1-13H,14-15H2,(H,29,30). The molecule has 0 spiro atoms. The first-order valence-corrected chi connectivity index (χ1v) is 9.89. The molecule has 5 nitrogen and oxygen atoms in total. The molecule has 4 rings (SSSR count). The van der Waals surface area contributed by atoms with Gasteiger partial charge in [-0.2, -0.15) is 5.10 Å². The van der Waals surface area contributed by atoms with Crippen LogP contribution in [-0.2, 0) is 11.3 Å². The molecule has 0 saturated carbocycles. The lowest BCUT2D eigenvalue weighted by atomic mass is 10.1. The van der Waals surface area contributed by atoms with E-state index in [-0.39, 0.29) is 5.82 Å². The van der Waals surface area contributed by atoms with Gasteiger partial charge in [-0.15, -0.1) is 0 Å². The highest BCUT2D eigenvalue weighted by molar-refractivity contribution is 6.31. The van der Waals surface area contributed by atoms with Crippen molar-refractivity contribution in [3.63, 3.8) is 0 Å². The lowest BCUT2D eigenvalue weighted by Gasteiger charge is -2.09. The monoisotopic (exact) mass is 436 g/mol. The van der Waals surface area contributed by atoms with Crippen LogP contribution in [-0.4, -0.2) is 27.5 Å². The Morgan fingerprint density at radius 3 is 2.48 bits per heavy atom. The van der Waals surface area contributed by atoms with Crippen molar-refractivity contribution in [2.24, 2.45) is 0 Å². The lowest BCUT2D eigenvalue weighted by Crippen LogP contribution is -2.10. The second-order valence-electron chi connectivity index (χ2n) is 6.89. The minimum atomic E-state index is -1.08. The highest BCUT2D eigenvalue weighted by Crippen LogP contribution is 2.34. The van der Waals surface area contributed by atoms with Gasteiger partial charge in [0.1, 0.15) is 11.6 Å². The SMILES string of the molecule is O=C(O)COc1ccc(Cl)cc1-c1cc(-c2ccc(F)cc2)n(Cc2ccccc2)n1. The molecule has 0 aliphatic rings. The summed E-state index contributed by atoms with van der Waals surface area (Å²) in [6, 6.07) is 22.8. The van der Waals surface area contributed by atoms with Gasteiger partial charge in [0, 0.05) is 16.1 Å². The van der Waals surface area contributed by atoms with E-state index in [1.165, 1.54) is 12.1 Å². The van der Waals surface area contributed by atoms with Gasteiger partial charge < -0.3 is 9.84 Å². The Hall–Kier alpha value is -3.64. The number of halogens is 2. The Balaban J connectivity index is 1.80. The Kier molecular flexibility index (Phi) is 6.00. The van der Waals surface area contributed by atoms with E-state index in [4.69, 9.17) is 26.5 Å². The fraction of sp³-hybridized carbons (Fsp3) is 0.0833. The summed E-state index contributed by atoms with van der Waals surface area (Å²) in [7, 11) is 0. The molecule has 0 fully saturated rings. The van der Waals surface area contributed by atoms with Gasteiger partial charge >= 0.3 is 5.97 Å². The van der Waals surface area contributed by atoms with Crippen molar-refractivity contribution >= 4 is 17.6 Å². The number of aromatic nitrogens is 2. The summed E-state index contributed by atoms with van der Waals surface area (Å²) in [4.78, 5) is 11.0. The third kappa shape index (κ3) is 4.92. The quantitative estimate of drug-likeness (QED) is 0.414. The van der Waals surface area contributed by atoms with E-state index in [0.717, 1.165) is 16.8 Å². The maximum Gasteiger partial charge on any atom is 0.341 e. The van der Waals surface area contributed by atoms with Crippen molar-refractivity contribution in [1.82, 2.24) is 9.78 Å². The first-order valence-electron chi connectivity index (χ1n) is 9.52. The van der Waals surface area contributed by atoms with Crippen LogP contribution in [0.2, 0.25) is 5.02 Å². The summed E-state index contributed by atoms with van der Waals surface area (Å²) in [6.45, 7) is 0.0175. The van der Waals surface area contributed by atoms with E-state index in [9.17, 15) is 9.18 Å². The van der Waals surface area contributed by atoms with Crippen LogP contribution >= 0.6 is 11.6 Å². The minimum Gasteiger partial charge on any atom is -0.481 e. The molecule has 7 heteroatoms. The average molecular weight is 437 g/mol. The molecule has 0 atom stereocenters. The van der Waals surface area contributed by atoms with Gasteiger partial charge in [0.05, 0.1) is 17.9 Å². The topological polar surface area (TPSA) is 64.3 Å². The number of carbonyl (C=O) groups is 1. The zero-order valence-corrected chi connectivity index (χ0v) is 17.1. The predicted molar refractivity (Wildman–Crippen MR) is 117 cm³/mol. The molecular formula is C24H18ClFN2O3. The smallest absolute Gasteiger partial charge is 0.341 e. The fourth-order valence-corrected chi connectivity index (χ4v) is 3.42. The van der Waals surface area contributed by atoms with E-state index in [1.807, 2.05) is 41.1 Å². The van der Waals surface area contributed by atoms with Gasteiger partial charge in [0.15, 0.2) is 6.61 Å². The number of hydrogen-bond acceptors (Lipinski definition) is 3. The Bertz CT molecular complexity index is 1210. The summed E-state index contributed by atoms with van der Waals surface area (Å²) < 4.78 is 20.7. The number of aliphatic carboxylic acids is 1. The second-order valence-corrected chi connectivity index (χ2v) is 7.32. The van der Waals surface area contributed by atoms with Gasteiger partial charge in [0.2, 0.25) is 0 Å². The zero-order chi connectivity index (χ0) is 21.8. The number of ether oxygens (including phenoxy) is 1.